The molecule has 3 amide bonds. The number of carboxylic acid groups (broad SMARTS) is 1. The summed E-state index contributed by atoms with van der Waals surface area (Å²) in [6, 6.07) is 16.4. The van der Waals surface area contributed by atoms with Gasteiger partial charge in [-0.1, -0.05) is 60.7 Å². The second-order valence-electron chi connectivity index (χ2n) is 10.1. The van der Waals surface area contributed by atoms with Gasteiger partial charge in [-0.15, -0.1) is 0 Å². The molecule has 0 bridgehead atoms. The number of rotatable bonds is 11. The molecular formula is C29H36N4O5. The van der Waals surface area contributed by atoms with Crippen LogP contribution >= 0.6 is 0 Å². The van der Waals surface area contributed by atoms with Crippen molar-refractivity contribution in [1.29, 1.82) is 0 Å². The Kier molecular flexibility index (Phi) is 9.48. The zero-order valence-corrected chi connectivity index (χ0v) is 21.5. The minimum Gasteiger partial charge on any atom is -0.480 e. The predicted molar refractivity (Wildman–Crippen MR) is 142 cm³/mol. The van der Waals surface area contributed by atoms with Gasteiger partial charge in [-0.2, -0.15) is 0 Å². The van der Waals surface area contributed by atoms with Crippen molar-refractivity contribution in [1.82, 2.24) is 20.9 Å². The number of hydrogen-bond donors (Lipinski definition) is 4. The molecular weight excluding hydrogens is 484 g/mol. The molecule has 2 aromatic carbocycles. The standard InChI is InChI=1S/C29H36N4O5/c34-26(19-22(17-20-9-3-1-4-10-20)31-27(35)23-13-7-15-30-23)32-24(18-21-11-5-2-6-12-21)28(36)33-16-8-14-25(33)29(37)38/h1-6,9-12,22-25,30H,7-8,13-19H2,(H,31,35)(H,32,34)(H,37,38)/t22-,23-,24-,25+/m0/s1. The summed E-state index contributed by atoms with van der Waals surface area (Å²) in [6.07, 6.45) is 3.40. The summed E-state index contributed by atoms with van der Waals surface area (Å²) in [5.41, 5.74) is 1.85. The number of carboxylic acids is 1. The quantitative estimate of drug-likeness (QED) is 0.357. The molecule has 0 saturated carbocycles. The molecule has 202 valence electrons. The summed E-state index contributed by atoms with van der Waals surface area (Å²) in [5.74, 6) is -1.93. The molecule has 2 aromatic rings. The first-order valence-corrected chi connectivity index (χ1v) is 13.3. The SMILES string of the molecule is O=C(C[C@H](Cc1ccccc1)NC(=O)[C@@H]1CCCN1)N[C@@H](Cc1ccccc1)C(=O)N1CCC[C@@H]1C(=O)O. The number of carbonyl (C=O) groups is 4. The Balaban J connectivity index is 1.48. The lowest BCUT2D eigenvalue weighted by Crippen LogP contribution is -2.54. The second kappa shape index (κ2) is 13.2. The molecule has 0 unspecified atom stereocenters. The number of aliphatic carboxylic acids is 1. The van der Waals surface area contributed by atoms with Gasteiger partial charge < -0.3 is 26.0 Å². The Morgan fingerprint density at radius 3 is 2.16 bits per heavy atom. The minimum absolute atomic E-state index is 0.00567. The Morgan fingerprint density at radius 2 is 1.55 bits per heavy atom. The van der Waals surface area contributed by atoms with Gasteiger partial charge in [0.05, 0.1) is 6.04 Å². The fourth-order valence-corrected chi connectivity index (χ4v) is 5.30. The summed E-state index contributed by atoms with van der Waals surface area (Å²) < 4.78 is 0. The highest BCUT2D eigenvalue weighted by atomic mass is 16.4. The Hall–Kier alpha value is -3.72. The lowest BCUT2D eigenvalue weighted by molar-refractivity contribution is -0.149. The number of nitrogens with zero attached hydrogens (tertiary/aromatic N) is 1. The van der Waals surface area contributed by atoms with Gasteiger partial charge in [-0.3, -0.25) is 14.4 Å². The van der Waals surface area contributed by atoms with Crippen molar-refractivity contribution < 1.29 is 24.3 Å². The van der Waals surface area contributed by atoms with E-state index in [9.17, 15) is 24.3 Å². The average molecular weight is 521 g/mol. The van der Waals surface area contributed by atoms with E-state index in [1.807, 2.05) is 60.7 Å². The van der Waals surface area contributed by atoms with E-state index < -0.39 is 30.0 Å². The van der Waals surface area contributed by atoms with Gasteiger partial charge >= 0.3 is 5.97 Å². The molecule has 9 nitrogen and oxygen atoms in total. The Bertz CT molecular complexity index is 1100. The molecule has 0 aromatic heterocycles. The van der Waals surface area contributed by atoms with Crippen LogP contribution in [-0.2, 0) is 32.0 Å². The molecule has 4 atom stereocenters. The molecule has 0 radical (unpaired) electrons. The van der Waals surface area contributed by atoms with E-state index in [2.05, 4.69) is 16.0 Å². The van der Waals surface area contributed by atoms with E-state index >= 15 is 0 Å². The van der Waals surface area contributed by atoms with Crippen LogP contribution in [0.4, 0.5) is 0 Å². The molecule has 2 aliphatic heterocycles. The van der Waals surface area contributed by atoms with Gasteiger partial charge in [0.15, 0.2) is 0 Å². The third-order valence-corrected chi connectivity index (χ3v) is 7.22. The number of likely N-dealkylation sites (tertiary alicyclic amines) is 1. The van der Waals surface area contributed by atoms with E-state index in [0.717, 1.165) is 30.5 Å². The van der Waals surface area contributed by atoms with Crippen molar-refractivity contribution in [2.45, 2.75) is 69.1 Å². The minimum atomic E-state index is -1.04. The smallest absolute Gasteiger partial charge is 0.326 e. The third kappa shape index (κ3) is 7.41. The molecule has 2 fully saturated rings. The highest BCUT2D eigenvalue weighted by Gasteiger charge is 2.38. The summed E-state index contributed by atoms with van der Waals surface area (Å²) in [6.45, 7) is 1.14. The maximum absolute atomic E-state index is 13.5. The topological polar surface area (TPSA) is 128 Å². The zero-order chi connectivity index (χ0) is 26.9. The van der Waals surface area contributed by atoms with Crippen LogP contribution in [0.1, 0.15) is 43.2 Å². The fourth-order valence-electron chi connectivity index (χ4n) is 5.30. The number of nitrogens with one attached hydrogen (secondary N) is 3. The van der Waals surface area contributed by atoms with E-state index in [4.69, 9.17) is 0 Å². The van der Waals surface area contributed by atoms with Crippen LogP contribution in [0.25, 0.3) is 0 Å². The van der Waals surface area contributed by atoms with Crippen LogP contribution in [0.5, 0.6) is 0 Å². The molecule has 38 heavy (non-hydrogen) atoms. The molecule has 2 aliphatic rings. The summed E-state index contributed by atoms with van der Waals surface area (Å²) >= 11 is 0. The zero-order valence-electron chi connectivity index (χ0n) is 21.5. The van der Waals surface area contributed by atoms with Crippen molar-refractivity contribution in [3.63, 3.8) is 0 Å². The van der Waals surface area contributed by atoms with E-state index in [-0.39, 0.29) is 30.7 Å². The summed E-state index contributed by atoms with van der Waals surface area (Å²) in [4.78, 5) is 52.8. The first kappa shape index (κ1) is 27.3. The van der Waals surface area contributed by atoms with Crippen LogP contribution in [0.3, 0.4) is 0 Å². The van der Waals surface area contributed by atoms with Crippen LogP contribution in [-0.4, -0.2) is 71.0 Å². The second-order valence-corrected chi connectivity index (χ2v) is 10.1. The van der Waals surface area contributed by atoms with Gasteiger partial charge in [0, 0.05) is 25.4 Å². The average Bonchev–Trinajstić information content (AvgIpc) is 3.62. The van der Waals surface area contributed by atoms with E-state index in [1.165, 1.54) is 4.90 Å². The van der Waals surface area contributed by atoms with E-state index in [1.54, 1.807) is 0 Å². The Labute approximate surface area is 223 Å². The van der Waals surface area contributed by atoms with Crippen molar-refractivity contribution in [2.75, 3.05) is 13.1 Å². The third-order valence-electron chi connectivity index (χ3n) is 7.22. The van der Waals surface area contributed by atoms with Gasteiger partial charge in [0.1, 0.15) is 12.1 Å². The lowest BCUT2D eigenvalue weighted by Gasteiger charge is -2.28. The maximum Gasteiger partial charge on any atom is 0.326 e. The van der Waals surface area contributed by atoms with Gasteiger partial charge in [0.25, 0.3) is 0 Å². The van der Waals surface area contributed by atoms with Crippen molar-refractivity contribution >= 4 is 23.7 Å². The highest BCUT2D eigenvalue weighted by Crippen LogP contribution is 2.20. The van der Waals surface area contributed by atoms with Gasteiger partial charge in [0.2, 0.25) is 17.7 Å². The number of hydrogen-bond acceptors (Lipinski definition) is 5. The molecule has 4 rings (SSSR count). The number of benzene rings is 2. The molecule has 4 N–H and O–H groups in total. The largest absolute Gasteiger partial charge is 0.480 e. The normalized spacial score (nSPS) is 20.5. The van der Waals surface area contributed by atoms with Gasteiger partial charge in [-0.25, -0.2) is 4.79 Å². The van der Waals surface area contributed by atoms with Crippen LogP contribution in [0.15, 0.2) is 60.7 Å². The molecule has 0 spiro atoms. The summed E-state index contributed by atoms with van der Waals surface area (Å²) in [7, 11) is 0. The van der Waals surface area contributed by atoms with Crippen molar-refractivity contribution in [3.05, 3.63) is 71.8 Å². The van der Waals surface area contributed by atoms with Crippen LogP contribution < -0.4 is 16.0 Å². The summed E-state index contributed by atoms with van der Waals surface area (Å²) in [5, 5.41) is 18.7. The molecule has 2 saturated heterocycles. The van der Waals surface area contributed by atoms with Crippen molar-refractivity contribution in [3.8, 4) is 0 Å². The number of amides is 3. The van der Waals surface area contributed by atoms with Gasteiger partial charge in [-0.05, 0) is 49.8 Å². The fraction of sp³-hybridized carbons (Fsp3) is 0.448. The predicted octanol–water partition coefficient (Wildman–Crippen LogP) is 1.66. The van der Waals surface area contributed by atoms with E-state index in [0.29, 0.717) is 25.8 Å². The lowest BCUT2D eigenvalue weighted by atomic mass is 10.0. The molecule has 0 aliphatic carbocycles. The number of carbonyl (C=O) groups excluding carboxylic acids is 3. The first-order chi connectivity index (χ1) is 18.4. The highest BCUT2D eigenvalue weighted by molar-refractivity contribution is 5.91. The first-order valence-electron chi connectivity index (χ1n) is 13.3. The molecule has 2 heterocycles. The Morgan fingerprint density at radius 1 is 0.895 bits per heavy atom. The van der Waals surface area contributed by atoms with Crippen molar-refractivity contribution in [2.24, 2.45) is 0 Å². The maximum atomic E-state index is 13.5. The van der Waals surface area contributed by atoms with Crippen LogP contribution in [0, 0.1) is 0 Å². The monoisotopic (exact) mass is 520 g/mol. The van der Waals surface area contributed by atoms with Crippen LogP contribution in [0.2, 0.25) is 0 Å². The molecule has 9 heteroatoms.